The summed E-state index contributed by atoms with van der Waals surface area (Å²) in [5.74, 6) is 5.71. The molecule has 2 aromatic carbocycles. The zero-order valence-electron chi connectivity index (χ0n) is 12.0. The molecule has 0 radical (unpaired) electrons. The first-order chi connectivity index (χ1) is 10.6. The van der Waals surface area contributed by atoms with Crippen LogP contribution in [0.1, 0.15) is 24.2 Å². The number of H-pyrrole nitrogens is 1. The smallest absolute Gasteiger partial charge is 0.214 e. The van der Waals surface area contributed by atoms with E-state index >= 15 is 0 Å². The monoisotopic (exact) mass is 314 g/mol. The van der Waals surface area contributed by atoms with Gasteiger partial charge in [-0.05, 0) is 35.0 Å². The van der Waals surface area contributed by atoms with Crippen molar-refractivity contribution in [3.05, 3.63) is 70.5 Å². The number of aromatic amines is 1. The molecule has 6 heteroatoms. The van der Waals surface area contributed by atoms with Crippen LogP contribution in [0.5, 0.6) is 0 Å². The first kappa shape index (κ1) is 14.5. The highest BCUT2D eigenvalue weighted by molar-refractivity contribution is 7.71. The van der Waals surface area contributed by atoms with Gasteiger partial charge in [-0.3, -0.25) is 5.10 Å². The summed E-state index contributed by atoms with van der Waals surface area (Å²) in [6.07, 6.45) is 0. The summed E-state index contributed by atoms with van der Waals surface area (Å²) in [5, 5.41) is 6.68. The summed E-state index contributed by atoms with van der Waals surface area (Å²) in [6, 6.07) is 14.9. The lowest BCUT2D eigenvalue weighted by atomic mass is 9.96. The van der Waals surface area contributed by atoms with Crippen molar-refractivity contribution in [2.45, 2.75) is 12.8 Å². The predicted octanol–water partition coefficient (Wildman–Crippen LogP) is 3.61. The largest absolute Gasteiger partial charge is 0.335 e. The molecule has 0 aliphatic heterocycles. The minimum atomic E-state index is -0.303. The second-order valence-electron chi connectivity index (χ2n) is 5.08. The zero-order chi connectivity index (χ0) is 15.7. The van der Waals surface area contributed by atoms with Crippen LogP contribution in [0.4, 0.5) is 4.39 Å². The van der Waals surface area contributed by atoms with Crippen LogP contribution in [0.2, 0.25) is 0 Å². The molecule has 0 bridgehead atoms. The minimum Gasteiger partial charge on any atom is -0.335 e. The van der Waals surface area contributed by atoms with E-state index in [0.29, 0.717) is 16.2 Å². The number of hydrogen-bond donors (Lipinski definition) is 2. The van der Waals surface area contributed by atoms with E-state index in [9.17, 15) is 4.39 Å². The zero-order valence-corrected chi connectivity index (χ0v) is 12.8. The fraction of sp³-hybridized carbons (Fsp3) is 0.125. The van der Waals surface area contributed by atoms with E-state index in [1.165, 1.54) is 10.7 Å². The van der Waals surface area contributed by atoms with Crippen molar-refractivity contribution in [2.24, 2.45) is 0 Å². The maximum Gasteiger partial charge on any atom is 0.214 e. The standard InChI is InChI=1S/C16H15FN4S/c1-10(15-19-20-16(22)21(15)18)13-8-7-12(9-14(13)17)11-5-3-2-4-6-11/h2-10H,18H2,1H3,(H,20,22). The van der Waals surface area contributed by atoms with Crippen molar-refractivity contribution in [3.8, 4) is 11.1 Å². The molecule has 112 valence electrons. The van der Waals surface area contributed by atoms with Gasteiger partial charge in [-0.25, -0.2) is 9.07 Å². The molecule has 4 nitrogen and oxygen atoms in total. The summed E-state index contributed by atoms with van der Waals surface area (Å²) in [6.45, 7) is 1.84. The van der Waals surface area contributed by atoms with E-state index in [1.807, 2.05) is 43.3 Å². The third-order valence-corrected chi connectivity index (χ3v) is 3.98. The number of nitrogens with one attached hydrogen (secondary N) is 1. The van der Waals surface area contributed by atoms with Crippen LogP contribution in [0.15, 0.2) is 48.5 Å². The van der Waals surface area contributed by atoms with Gasteiger partial charge in [0.05, 0.1) is 0 Å². The molecule has 1 atom stereocenters. The minimum absolute atomic E-state index is 0.289. The highest BCUT2D eigenvalue weighted by Crippen LogP contribution is 2.28. The van der Waals surface area contributed by atoms with E-state index in [1.54, 1.807) is 6.07 Å². The third-order valence-electron chi connectivity index (χ3n) is 3.69. The van der Waals surface area contributed by atoms with Crippen LogP contribution in [0, 0.1) is 10.6 Å². The van der Waals surface area contributed by atoms with Crippen molar-refractivity contribution in [2.75, 3.05) is 5.84 Å². The highest BCUT2D eigenvalue weighted by Gasteiger charge is 2.19. The molecular weight excluding hydrogens is 299 g/mol. The molecule has 22 heavy (non-hydrogen) atoms. The number of nitrogens with two attached hydrogens (primary N) is 1. The van der Waals surface area contributed by atoms with Crippen LogP contribution < -0.4 is 5.84 Å². The Balaban J connectivity index is 1.99. The molecule has 0 spiro atoms. The van der Waals surface area contributed by atoms with Crippen LogP contribution >= 0.6 is 12.2 Å². The van der Waals surface area contributed by atoms with Crippen molar-refractivity contribution >= 4 is 12.2 Å². The summed E-state index contributed by atoms with van der Waals surface area (Å²) in [7, 11) is 0. The van der Waals surface area contributed by atoms with Crippen molar-refractivity contribution in [3.63, 3.8) is 0 Å². The second kappa shape index (κ2) is 5.73. The SMILES string of the molecule is CC(c1ccc(-c2ccccc2)cc1F)c1n[nH]c(=S)n1N. The number of rotatable bonds is 3. The molecule has 0 amide bonds. The lowest BCUT2D eigenvalue weighted by Gasteiger charge is -2.13. The summed E-state index contributed by atoms with van der Waals surface area (Å²) in [4.78, 5) is 0. The van der Waals surface area contributed by atoms with Crippen LogP contribution in [0.3, 0.4) is 0 Å². The van der Waals surface area contributed by atoms with Gasteiger partial charge in [0.15, 0.2) is 5.82 Å². The Morgan fingerprint density at radius 1 is 1.18 bits per heavy atom. The number of nitrogens with zero attached hydrogens (tertiary/aromatic N) is 2. The second-order valence-corrected chi connectivity index (χ2v) is 5.47. The lowest BCUT2D eigenvalue weighted by Crippen LogP contribution is -2.16. The van der Waals surface area contributed by atoms with E-state index < -0.39 is 0 Å². The Bertz CT molecular complexity index is 854. The van der Waals surface area contributed by atoms with Gasteiger partial charge < -0.3 is 5.84 Å². The maximum atomic E-state index is 14.5. The molecular formula is C16H15FN4S. The molecule has 3 rings (SSSR count). The normalized spacial score (nSPS) is 12.3. The van der Waals surface area contributed by atoms with Crippen LogP contribution in [-0.2, 0) is 0 Å². The Morgan fingerprint density at radius 2 is 1.91 bits per heavy atom. The van der Waals surface area contributed by atoms with Gasteiger partial charge in [-0.15, -0.1) is 0 Å². The molecule has 0 saturated carbocycles. The van der Waals surface area contributed by atoms with E-state index in [4.69, 9.17) is 18.1 Å². The lowest BCUT2D eigenvalue weighted by molar-refractivity contribution is 0.595. The highest BCUT2D eigenvalue weighted by atomic mass is 32.1. The molecule has 1 heterocycles. The number of nitrogen functional groups attached to an aromatic ring is 1. The average molecular weight is 314 g/mol. The molecule has 0 aliphatic carbocycles. The summed E-state index contributed by atoms with van der Waals surface area (Å²) >= 11 is 4.99. The number of benzene rings is 2. The van der Waals surface area contributed by atoms with Gasteiger partial charge in [-0.2, -0.15) is 5.10 Å². The topological polar surface area (TPSA) is 59.6 Å². The van der Waals surface area contributed by atoms with Gasteiger partial charge in [0.1, 0.15) is 5.82 Å². The third kappa shape index (κ3) is 2.53. The maximum absolute atomic E-state index is 14.5. The van der Waals surface area contributed by atoms with E-state index in [-0.39, 0.29) is 11.7 Å². The molecule has 3 N–H and O–H groups in total. The van der Waals surface area contributed by atoms with Gasteiger partial charge in [-0.1, -0.05) is 49.4 Å². The molecule has 0 saturated heterocycles. The first-order valence-electron chi connectivity index (χ1n) is 6.85. The van der Waals surface area contributed by atoms with Gasteiger partial charge in [0.25, 0.3) is 0 Å². The quantitative estimate of drug-likeness (QED) is 0.573. The number of hydrogen-bond acceptors (Lipinski definition) is 3. The average Bonchev–Trinajstić information content (AvgIpc) is 2.87. The Labute approximate surface area is 132 Å². The molecule has 0 aliphatic rings. The number of halogens is 1. The molecule has 1 aromatic heterocycles. The molecule has 0 fully saturated rings. The predicted molar refractivity (Wildman–Crippen MR) is 86.9 cm³/mol. The van der Waals surface area contributed by atoms with Gasteiger partial charge >= 0.3 is 0 Å². The Morgan fingerprint density at radius 3 is 2.50 bits per heavy atom. The van der Waals surface area contributed by atoms with Gasteiger partial charge in [0, 0.05) is 5.92 Å². The fourth-order valence-electron chi connectivity index (χ4n) is 2.45. The van der Waals surface area contributed by atoms with E-state index in [0.717, 1.165) is 11.1 Å². The fourth-order valence-corrected chi connectivity index (χ4v) is 2.59. The van der Waals surface area contributed by atoms with Crippen molar-refractivity contribution < 1.29 is 4.39 Å². The Hall–Kier alpha value is -2.47. The Kier molecular flexibility index (Phi) is 3.77. The number of aromatic nitrogens is 3. The summed E-state index contributed by atoms with van der Waals surface area (Å²) < 4.78 is 16.1. The first-order valence-corrected chi connectivity index (χ1v) is 7.26. The molecule has 3 aromatic rings. The van der Waals surface area contributed by atoms with E-state index in [2.05, 4.69) is 10.2 Å². The summed E-state index contributed by atoms with van der Waals surface area (Å²) in [5.41, 5.74) is 2.34. The van der Waals surface area contributed by atoms with Crippen LogP contribution in [-0.4, -0.2) is 14.9 Å². The van der Waals surface area contributed by atoms with Crippen molar-refractivity contribution in [1.29, 1.82) is 0 Å². The molecule has 1 unspecified atom stereocenters. The van der Waals surface area contributed by atoms with Crippen LogP contribution in [0.25, 0.3) is 11.1 Å². The van der Waals surface area contributed by atoms with Gasteiger partial charge in [0.2, 0.25) is 4.77 Å². The van der Waals surface area contributed by atoms with Crippen molar-refractivity contribution in [1.82, 2.24) is 14.9 Å².